The summed E-state index contributed by atoms with van der Waals surface area (Å²) in [5.41, 5.74) is -0.415. The Bertz CT molecular complexity index is 742. The molecule has 0 saturated carbocycles. The van der Waals surface area contributed by atoms with Crippen molar-refractivity contribution in [2.45, 2.75) is 44.4 Å². The van der Waals surface area contributed by atoms with Gasteiger partial charge < -0.3 is 19.3 Å². The molecule has 0 aromatic heterocycles. The zero-order valence-electron chi connectivity index (χ0n) is 16.0. The lowest BCUT2D eigenvalue weighted by Crippen LogP contribution is -2.28. The van der Waals surface area contributed by atoms with Crippen molar-refractivity contribution in [3.8, 4) is 5.75 Å². The highest BCUT2D eigenvalue weighted by Gasteiger charge is 2.46. The molecule has 1 aliphatic rings. The number of rotatable bonds is 8. The van der Waals surface area contributed by atoms with Gasteiger partial charge in [-0.1, -0.05) is 0 Å². The first-order valence-electron chi connectivity index (χ1n) is 8.85. The molecule has 1 aromatic carbocycles. The molecule has 0 radical (unpaired) electrons. The van der Waals surface area contributed by atoms with Gasteiger partial charge in [-0.15, -0.1) is 0 Å². The fraction of sp³-hybridized carbons (Fsp3) is 0.579. The third kappa shape index (κ3) is 5.59. The summed E-state index contributed by atoms with van der Waals surface area (Å²) in [6.07, 6.45) is -5.59. The molecule has 0 heterocycles. The highest BCUT2D eigenvalue weighted by molar-refractivity contribution is 5.70. The number of aliphatic hydroxyl groups excluding tert-OH is 1. The lowest BCUT2D eigenvalue weighted by Gasteiger charge is -2.32. The number of ether oxygens (including phenoxy) is 3. The van der Waals surface area contributed by atoms with E-state index in [1.807, 2.05) is 0 Å². The van der Waals surface area contributed by atoms with Crippen molar-refractivity contribution < 1.29 is 46.5 Å². The Labute approximate surface area is 164 Å². The third-order valence-electron chi connectivity index (χ3n) is 5.11. The lowest BCUT2D eigenvalue weighted by molar-refractivity contribution is -0.153. The van der Waals surface area contributed by atoms with Crippen LogP contribution in [0.4, 0.5) is 17.6 Å². The van der Waals surface area contributed by atoms with Crippen LogP contribution in [-0.4, -0.2) is 44.0 Å². The van der Waals surface area contributed by atoms with Gasteiger partial charge in [0.25, 0.3) is 0 Å². The van der Waals surface area contributed by atoms with Crippen LogP contribution >= 0.6 is 0 Å². The van der Waals surface area contributed by atoms with Crippen LogP contribution in [-0.2, 0) is 25.5 Å². The Morgan fingerprint density at radius 3 is 2.17 bits per heavy atom. The zero-order chi connectivity index (χ0) is 21.8. The average Bonchev–Trinajstić information content (AvgIpc) is 2.93. The van der Waals surface area contributed by atoms with E-state index in [9.17, 15) is 32.3 Å². The first kappa shape index (κ1) is 22.9. The molecule has 29 heavy (non-hydrogen) atoms. The standard InChI is InChI=1S/C19H22F4O6/c1-27-15(24)3-5-18(6-4-16(25)28-2)9-11-7-13(20)14(8-12(11)17(18)26)29-10-19(21,22)23/h7-8,17,26H,3-6,9-10H2,1-2H3. The van der Waals surface area contributed by atoms with Crippen LogP contribution in [0.25, 0.3) is 0 Å². The second kappa shape index (κ2) is 8.98. The zero-order valence-corrected chi connectivity index (χ0v) is 16.0. The van der Waals surface area contributed by atoms with Gasteiger partial charge in [0.05, 0.1) is 20.3 Å². The molecule has 0 bridgehead atoms. The summed E-state index contributed by atoms with van der Waals surface area (Å²) >= 11 is 0. The van der Waals surface area contributed by atoms with Gasteiger partial charge in [0.2, 0.25) is 0 Å². The minimum atomic E-state index is -4.64. The number of carbonyl (C=O) groups is 2. The number of methoxy groups -OCH3 is 2. The van der Waals surface area contributed by atoms with E-state index in [2.05, 4.69) is 14.2 Å². The summed E-state index contributed by atoms with van der Waals surface area (Å²) in [5, 5.41) is 10.9. The molecule has 1 unspecified atom stereocenters. The van der Waals surface area contributed by atoms with Crippen molar-refractivity contribution in [2.75, 3.05) is 20.8 Å². The first-order chi connectivity index (χ1) is 13.5. The predicted molar refractivity (Wildman–Crippen MR) is 91.5 cm³/mol. The number of halogens is 4. The summed E-state index contributed by atoms with van der Waals surface area (Å²) < 4.78 is 65.1. The monoisotopic (exact) mass is 422 g/mol. The summed E-state index contributed by atoms with van der Waals surface area (Å²) in [4.78, 5) is 23.2. The number of hydrogen-bond acceptors (Lipinski definition) is 6. The molecule has 1 aromatic rings. The molecule has 0 aliphatic heterocycles. The average molecular weight is 422 g/mol. The Morgan fingerprint density at radius 2 is 1.69 bits per heavy atom. The van der Waals surface area contributed by atoms with Gasteiger partial charge in [-0.3, -0.25) is 9.59 Å². The second-order valence-corrected chi connectivity index (χ2v) is 6.98. The fourth-order valence-corrected chi connectivity index (χ4v) is 3.58. The summed E-state index contributed by atoms with van der Waals surface area (Å²) in [6.45, 7) is -1.67. The van der Waals surface area contributed by atoms with Crippen molar-refractivity contribution in [2.24, 2.45) is 5.41 Å². The van der Waals surface area contributed by atoms with E-state index in [-0.39, 0.29) is 37.7 Å². The summed E-state index contributed by atoms with van der Waals surface area (Å²) in [7, 11) is 2.42. The number of fused-ring (bicyclic) bond motifs is 1. The van der Waals surface area contributed by atoms with E-state index in [4.69, 9.17) is 0 Å². The number of hydrogen-bond donors (Lipinski definition) is 1. The molecule has 1 N–H and O–H groups in total. The van der Waals surface area contributed by atoms with Crippen LogP contribution in [0.1, 0.15) is 42.9 Å². The first-order valence-corrected chi connectivity index (χ1v) is 8.85. The van der Waals surface area contributed by atoms with Gasteiger partial charge in [-0.2, -0.15) is 13.2 Å². The van der Waals surface area contributed by atoms with E-state index in [0.717, 1.165) is 12.1 Å². The molecule has 0 spiro atoms. The van der Waals surface area contributed by atoms with Crippen molar-refractivity contribution >= 4 is 11.9 Å². The number of alkyl halides is 3. The predicted octanol–water partition coefficient (Wildman–Crippen LogP) is 3.25. The maximum atomic E-state index is 14.2. The van der Waals surface area contributed by atoms with E-state index in [1.54, 1.807) is 0 Å². The molecular formula is C19H22F4O6. The molecular weight excluding hydrogens is 400 g/mol. The normalized spacial score (nSPS) is 17.6. The SMILES string of the molecule is COC(=O)CCC1(CCC(=O)OC)Cc2cc(F)c(OCC(F)(F)F)cc2C1O. The molecule has 1 atom stereocenters. The third-order valence-corrected chi connectivity index (χ3v) is 5.11. The molecule has 0 fully saturated rings. The van der Waals surface area contributed by atoms with E-state index in [1.165, 1.54) is 14.2 Å². The Morgan fingerprint density at radius 1 is 1.14 bits per heavy atom. The smallest absolute Gasteiger partial charge is 0.422 e. The minimum absolute atomic E-state index is 0.0529. The molecule has 162 valence electrons. The van der Waals surface area contributed by atoms with Crippen molar-refractivity contribution in [3.63, 3.8) is 0 Å². The highest BCUT2D eigenvalue weighted by atomic mass is 19.4. The van der Waals surface area contributed by atoms with Gasteiger partial charge >= 0.3 is 18.1 Å². The maximum absolute atomic E-state index is 14.2. The number of benzene rings is 1. The molecule has 10 heteroatoms. The van der Waals surface area contributed by atoms with Crippen LogP contribution in [0.5, 0.6) is 5.75 Å². The number of carbonyl (C=O) groups excluding carboxylic acids is 2. The highest BCUT2D eigenvalue weighted by Crippen LogP contribution is 2.52. The second-order valence-electron chi connectivity index (χ2n) is 6.98. The van der Waals surface area contributed by atoms with Gasteiger partial charge in [-0.05, 0) is 42.5 Å². The van der Waals surface area contributed by atoms with Gasteiger partial charge in [0.15, 0.2) is 18.2 Å². The maximum Gasteiger partial charge on any atom is 0.422 e. The Balaban J connectivity index is 2.30. The van der Waals surface area contributed by atoms with Crippen LogP contribution < -0.4 is 4.74 Å². The molecule has 6 nitrogen and oxygen atoms in total. The van der Waals surface area contributed by atoms with Crippen LogP contribution in [0.15, 0.2) is 12.1 Å². The van der Waals surface area contributed by atoms with Crippen molar-refractivity contribution in [1.29, 1.82) is 0 Å². The Hall–Kier alpha value is -2.36. The van der Waals surface area contributed by atoms with Crippen LogP contribution in [0, 0.1) is 11.2 Å². The fourth-order valence-electron chi connectivity index (χ4n) is 3.58. The van der Waals surface area contributed by atoms with E-state index < -0.39 is 47.8 Å². The molecule has 2 rings (SSSR count). The topological polar surface area (TPSA) is 82.1 Å². The van der Waals surface area contributed by atoms with Gasteiger partial charge in [0.1, 0.15) is 0 Å². The van der Waals surface area contributed by atoms with Gasteiger partial charge in [-0.25, -0.2) is 4.39 Å². The number of aliphatic hydroxyl groups is 1. The Kier molecular flexibility index (Phi) is 7.10. The summed E-state index contributed by atoms with van der Waals surface area (Å²) in [6, 6.07) is 2.06. The number of esters is 2. The largest absolute Gasteiger partial charge is 0.481 e. The summed E-state index contributed by atoms with van der Waals surface area (Å²) in [5.74, 6) is -2.66. The quantitative estimate of drug-likeness (QED) is 0.512. The van der Waals surface area contributed by atoms with E-state index >= 15 is 0 Å². The molecule has 1 aliphatic carbocycles. The molecule has 0 amide bonds. The lowest BCUT2D eigenvalue weighted by atomic mass is 9.74. The van der Waals surface area contributed by atoms with Crippen LogP contribution in [0.2, 0.25) is 0 Å². The van der Waals surface area contributed by atoms with Gasteiger partial charge in [0, 0.05) is 18.3 Å². The molecule has 0 saturated heterocycles. The van der Waals surface area contributed by atoms with Crippen LogP contribution in [0.3, 0.4) is 0 Å². The van der Waals surface area contributed by atoms with E-state index in [0.29, 0.717) is 5.56 Å². The van der Waals surface area contributed by atoms with Crippen molar-refractivity contribution in [1.82, 2.24) is 0 Å². The van der Waals surface area contributed by atoms with Crippen molar-refractivity contribution in [3.05, 3.63) is 29.1 Å². The minimum Gasteiger partial charge on any atom is -0.481 e.